The van der Waals surface area contributed by atoms with Crippen molar-refractivity contribution in [2.24, 2.45) is 11.3 Å². The number of hydrogen-bond acceptors (Lipinski definition) is 3. The second-order valence-electron chi connectivity index (χ2n) is 9.75. The number of ether oxygens (including phenoxy) is 1. The minimum Gasteiger partial charge on any atom is -0.497 e. The van der Waals surface area contributed by atoms with Crippen LogP contribution in [0.5, 0.6) is 5.75 Å². The Labute approximate surface area is 222 Å². The van der Waals surface area contributed by atoms with Gasteiger partial charge < -0.3 is 10.1 Å². The Balaban J connectivity index is 0.000000383. The van der Waals surface area contributed by atoms with Crippen LogP contribution in [0.15, 0.2) is 66.7 Å². The zero-order valence-corrected chi connectivity index (χ0v) is 22.1. The summed E-state index contributed by atoms with van der Waals surface area (Å²) in [6.45, 7) is 5.00. The molecule has 0 aliphatic carbocycles. The molecule has 3 nitrogen and oxygen atoms in total. The maximum Gasteiger partial charge on any atom is 0.145 e. The molecular weight excluding hydrogens is 501 g/mol. The van der Waals surface area contributed by atoms with E-state index in [9.17, 15) is 14.0 Å². The largest absolute Gasteiger partial charge is 0.497 e. The third kappa shape index (κ3) is 7.43. The van der Waals surface area contributed by atoms with Gasteiger partial charge in [0.15, 0.2) is 0 Å². The average Bonchev–Trinajstić information content (AvgIpc) is 3.22. The van der Waals surface area contributed by atoms with Gasteiger partial charge in [0.25, 0.3) is 0 Å². The Morgan fingerprint density at radius 3 is 2.33 bits per heavy atom. The molecule has 0 amide bonds. The summed E-state index contributed by atoms with van der Waals surface area (Å²) in [6, 6.07) is 21.4. The Hall–Kier alpha value is -2.65. The molecule has 1 heterocycles. The monoisotopic (exact) mass is 530 g/mol. The van der Waals surface area contributed by atoms with Crippen LogP contribution < -0.4 is 10.1 Å². The van der Waals surface area contributed by atoms with Crippen LogP contribution in [0.4, 0.5) is 8.78 Å². The first-order valence-electron chi connectivity index (χ1n) is 11.7. The Bertz CT molecular complexity index is 1180. The number of hydrogen-bond donors (Lipinski definition) is 1. The molecule has 1 aliphatic rings. The van der Waals surface area contributed by atoms with Crippen LogP contribution in [0.3, 0.4) is 0 Å². The van der Waals surface area contributed by atoms with Gasteiger partial charge in [-0.2, -0.15) is 5.26 Å². The van der Waals surface area contributed by atoms with Crippen molar-refractivity contribution in [1.29, 1.82) is 5.26 Å². The van der Waals surface area contributed by atoms with E-state index in [1.54, 1.807) is 37.4 Å². The summed E-state index contributed by atoms with van der Waals surface area (Å²) in [5.41, 5.74) is 1.75. The second-order valence-corrected chi connectivity index (χ2v) is 10.6. The van der Waals surface area contributed by atoms with E-state index in [0.29, 0.717) is 17.1 Å². The van der Waals surface area contributed by atoms with Crippen molar-refractivity contribution < 1.29 is 13.5 Å². The summed E-state index contributed by atoms with van der Waals surface area (Å²) in [5.74, 6) is -0.338. The quantitative estimate of drug-likeness (QED) is 0.353. The van der Waals surface area contributed by atoms with Gasteiger partial charge in [-0.15, -0.1) is 0 Å². The molecule has 0 aromatic heterocycles. The molecule has 0 spiro atoms. The van der Waals surface area contributed by atoms with Crippen LogP contribution in [0.2, 0.25) is 10.0 Å². The van der Waals surface area contributed by atoms with Gasteiger partial charge in [0.05, 0.1) is 24.1 Å². The van der Waals surface area contributed by atoms with Gasteiger partial charge in [-0.1, -0.05) is 67.4 Å². The number of nitriles is 1. The van der Waals surface area contributed by atoms with E-state index in [0.717, 1.165) is 18.6 Å². The molecule has 3 atom stereocenters. The van der Waals surface area contributed by atoms with Gasteiger partial charge in [-0.05, 0) is 65.8 Å². The van der Waals surface area contributed by atoms with Crippen LogP contribution >= 0.6 is 23.2 Å². The fourth-order valence-electron chi connectivity index (χ4n) is 4.73. The number of nitrogens with zero attached hydrogens (tertiary/aromatic N) is 1. The Morgan fingerprint density at radius 2 is 1.75 bits per heavy atom. The molecule has 1 N–H and O–H groups in total. The fraction of sp³-hybridized carbons (Fsp3) is 0.345. The molecule has 1 fully saturated rings. The predicted octanol–water partition coefficient (Wildman–Crippen LogP) is 7.82. The summed E-state index contributed by atoms with van der Waals surface area (Å²) >= 11 is 11.4. The lowest BCUT2D eigenvalue weighted by molar-refractivity contribution is 0.273. The highest BCUT2D eigenvalue weighted by Gasteiger charge is 2.40. The third-order valence-electron chi connectivity index (χ3n) is 6.40. The summed E-state index contributed by atoms with van der Waals surface area (Å²) in [5, 5.41) is 13.8. The van der Waals surface area contributed by atoms with Gasteiger partial charge in [-0.25, -0.2) is 8.78 Å². The van der Waals surface area contributed by atoms with Crippen molar-refractivity contribution in [3.8, 4) is 11.8 Å². The third-order valence-corrected chi connectivity index (χ3v) is 6.92. The van der Waals surface area contributed by atoms with Gasteiger partial charge in [0.2, 0.25) is 0 Å². The van der Waals surface area contributed by atoms with E-state index in [1.807, 2.05) is 12.1 Å². The van der Waals surface area contributed by atoms with Crippen LogP contribution in [0, 0.1) is 34.3 Å². The van der Waals surface area contributed by atoms with Crippen LogP contribution in [0.25, 0.3) is 0 Å². The topological polar surface area (TPSA) is 45.0 Å². The van der Waals surface area contributed by atoms with Gasteiger partial charge in [0, 0.05) is 23.5 Å². The van der Waals surface area contributed by atoms with Gasteiger partial charge in [-0.3, -0.25) is 0 Å². The van der Waals surface area contributed by atoms with Crippen LogP contribution in [0.1, 0.15) is 37.3 Å². The van der Waals surface area contributed by atoms with E-state index < -0.39 is 5.82 Å². The van der Waals surface area contributed by atoms with Crippen molar-refractivity contribution in [1.82, 2.24) is 5.32 Å². The summed E-state index contributed by atoms with van der Waals surface area (Å²) in [7, 11) is 1.66. The van der Waals surface area contributed by atoms with E-state index >= 15 is 0 Å². The molecule has 3 aromatic carbocycles. The van der Waals surface area contributed by atoms with Crippen LogP contribution in [-0.2, 0) is 6.42 Å². The summed E-state index contributed by atoms with van der Waals surface area (Å²) in [6.07, 6.45) is 1.72. The number of halogens is 4. The predicted molar refractivity (Wildman–Crippen MR) is 142 cm³/mol. The standard InChI is InChI=1S/C23H26ClFN2O.C6H4ClF/c1-23(2,11-15-7-9-16(28-3)10-8-15)12-21-18(13-26)19(14-27-21)17-5-4-6-20(24)22(17)25;7-5-2-1-3-6(8)4-5/h4-10,18-19,21,27H,11-12,14H2,1-3H3;1-4H. The average molecular weight is 531 g/mol. The van der Waals surface area contributed by atoms with E-state index in [-0.39, 0.29) is 34.1 Å². The number of nitrogens with one attached hydrogen (secondary N) is 1. The van der Waals surface area contributed by atoms with Gasteiger partial charge >= 0.3 is 0 Å². The zero-order valence-electron chi connectivity index (χ0n) is 20.6. The molecule has 0 bridgehead atoms. The summed E-state index contributed by atoms with van der Waals surface area (Å²) in [4.78, 5) is 0. The molecule has 1 saturated heterocycles. The van der Waals surface area contributed by atoms with Crippen molar-refractivity contribution in [2.45, 2.75) is 38.6 Å². The normalized spacial score (nSPS) is 19.2. The SMILES string of the molecule is COc1ccc(CC(C)(C)CC2NCC(c3cccc(Cl)c3F)C2C#N)cc1.Fc1cccc(Cl)c1. The smallest absolute Gasteiger partial charge is 0.145 e. The first-order chi connectivity index (χ1) is 17.1. The lowest BCUT2D eigenvalue weighted by Gasteiger charge is -2.30. The van der Waals surface area contributed by atoms with Crippen molar-refractivity contribution >= 4 is 23.2 Å². The van der Waals surface area contributed by atoms with Crippen molar-refractivity contribution in [3.05, 3.63) is 99.5 Å². The van der Waals surface area contributed by atoms with Crippen LogP contribution in [-0.4, -0.2) is 19.7 Å². The molecule has 3 aromatic rings. The van der Waals surface area contributed by atoms with Crippen molar-refractivity contribution in [3.63, 3.8) is 0 Å². The second kappa shape index (κ2) is 12.5. The summed E-state index contributed by atoms with van der Waals surface area (Å²) < 4.78 is 31.8. The highest BCUT2D eigenvalue weighted by atomic mass is 35.5. The van der Waals surface area contributed by atoms with E-state index in [1.165, 1.54) is 17.7 Å². The molecule has 0 saturated carbocycles. The number of methoxy groups -OCH3 is 1. The lowest BCUT2D eigenvalue weighted by atomic mass is 9.76. The minimum absolute atomic E-state index is 0.0108. The fourth-order valence-corrected chi connectivity index (χ4v) is 5.08. The molecule has 4 rings (SSSR count). The molecule has 0 radical (unpaired) electrons. The maximum atomic E-state index is 14.5. The van der Waals surface area contributed by atoms with Gasteiger partial charge in [0.1, 0.15) is 17.4 Å². The molecular formula is C29H30Cl2F2N2O. The van der Waals surface area contributed by atoms with E-state index in [2.05, 4.69) is 37.4 Å². The number of rotatable bonds is 6. The zero-order chi connectivity index (χ0) is 26.3. The minimum atomic E-state index is -0.408. The molecule has 36 heavy (non-hydrogen) atoms. The van der Waals surface area contributed by atoms with Crippen molar-refractivity contribution in [2.75, 3.05) is 13.7 Å². The Kier molecular flexibility index (Phi) is 9.73. The maximum absolute atomic E-state index is 14.5. The molecule has 190 valence electrons. The first-order valence-corrected chi connectivity index (χ1v) is 12.5. The number of benzene rings is 3. The molecule has 1 aliphatic heterocycles. The lowest BCUT2D eigenvalue weighted by Crippen LogP contribution is -2.33. The molecule has 7 heteroatoms. The highest BCUT2D eigenvalue weighted by Crippen LogP contribution is 2.39. The Morgan fingerprint density at radius 1 is 1.06 bits per heavy atom. The highest BCUT2D eigenvalue weighted by molar-refractivity contribution is 6.31. The first kappa shape index (κ1) is 27.9. The molecule has 3 unspecified atom stereocenters. The van der Waals surface area contributed by atoms with E-state index in [4.69, 9.17) is 27.9 Å².